The number of rotatable bonds is 3. The maximum Gasteiger partial charge on any atom is 0.263 e. The monoisotopic (exact) mass is 325 g/mol. The zero-order valence-electron chi connectivity index (χ0n) is 10.00. The molecule has 20 heavy (non-hydrogen) atoms. The van der Waals surface area contributed by atoms with Crippen molar-refractivity contribution in [3.63, 3.8) is 0 Å². The predicted octanol–water partition coefficient (Wildman–Crippen LogP) is 2.67. The van der Waals surface area contributed by atoms with Crippen LogP contribution < -0.4 is 5.32 Å². The summed E-state index contributed by atoms with van der Waals surface area (Å²) in [6.45, 7) is 0.480. The van der Waals surface area contributed by atoms with Crippen molar-refractivity contribution >= 4 is 51.9 Å². The van der Waals surface area contributed by atoms with Crippen molar-refractivity contribution in [3.05, 3.63) is 46.0 Å². The van der Waals surface area contributed by atoms with E-state index in [1.807, 2.05) is 6.07 Å². The summed E-state index contributed by atoms with van der Waals surface area (Å²) in [6, 6.07) is 3.63. The number of carbonyl (C=O) groups is 1. The van der Waals surface area contributed by atoms with E-state index < -0.39 is 0 Å². The molecule has 1 aliphatic rings. The number of nitrogens with one attached hydrogen (secondary N) is 1. The highest BCUT2D eigenvalue weighted by molar-refractivity contribution is 8.26. The van der Waals surface area contributed by atoms with Gasteiger partial charge in [0.25, 0.3) is 5.91 Å². The van der Waals surface area contributed by atoms with Crippen LogP contribution in [0.3, 0.4) is 0 Å². The number of hydrogen-bond acceptors (Lipinski definition) is 5. The Kier molecular flexibility index (Phi) is 3.64. The van der Waals surface area contributed by atoms with Crippen LogP contribution >= 0.6 is 35.6 Å². The number of nitrogens with zero attached hydrogens (tertiary/aromatic N) is 2. The van der Waals surface area contributed by atoms with Gasteiger partial charge in [-0.1, -0.05) is 35.6 Å². The molecule has 8 heteroatoms. The molecule has 1 aliphatic heterocycles. The molecule has 3 heterocycles. The van der Waals surface area contributed by atoms with Gasteiger partial charge in [0.1, 0.15) is 15.8 Å². The second-order valence-corrected chi connectivity index (χ2v) is 6.17. The molecule has 102 valence electrons. The van der Waals surface area contributed by atoms with Crippen molar-refractivity contribution in [3.8, 4) is 0 Å². The minimum atomic E-state index is -0.197. The average molecular weight is 326 g/mol. The van der Waals surface area contributed by atoms with Crippen molar-refractivity contribution in [2.75, 3.05) is 0 Å². The maximum absolute atomic E-state index is 11.5. The molecule has 1 amide bonds. The molecule has 1 fully saturated rings. The first kappa shape index (κ1) is 13.4. The Labute approximate surface area is 129 Å². The third-order valence-corrected chi connectivity index (χ3v) is 3.88. The van der Waals surface area contributed by atoms with Gasteiger partial charge in [0.15, 0.2) is 0 Å². The molecule has 2 aromatic heterocycles. The third kappa shape index (κ3) is 2.95. The van der Waals surface area contributed by atoms with E-state index in [0.717, 1.165) is 5.76 Å². The molecule has 0 saturated carbocycles. The van der Waals surface area contributed by atoms with Crippen LogP contribution in [0.5, 0.6) is 0 Å². The number of carbonyl (C=O) groups excluding carboxylic acids is 1. The van der Waals surface area contributed by atoms with Gasteiger partial charge in [-0.2, -0.15) is 5.10 Å². The van der Waals surface area contributed by atoms with Crippen molar-refractivity contribution in [1.29, 1.82) is 0 Å². The largest absolute Gasteiger partial charge is 0.460 e. The minimum absolute atomic E-state index is 0.197. The second-order valence-electron chi connectivity index (χ2n) is 4.01. The summed E-state index contributed by atoms with van der Waals surface area (Å²) < 4.78 is 7.75. The Morgan fingerprint density at radius 1 is 1.55 bits per heavy atom. The minimum Gasteiger partial charge on any atom is -0.460 e. The molecule has 3 rings (SSSR count). The summed E-state index contributed by atoms with van der Waals surface area (Å²) in [5, 5.41) is 7.20. The smallest absolute Gasteiger partial charge is 0.263 e. The molecule has 0 aromatic carbocycles. The Hall–Kier alpha value is -1.57. The van der Waals surface area contributed by atoms with Crippen LogP contribution in [-0.4, -0.2) is 20.0 Å². The van der Waals surface area contributed by atoms with E-state index in [1.54, 1.807) is 29.2 Å². The van der Waals surface area contributed by atoms with Gasteiger partial charge < -0.3 is 9.73 Å². The lowest BCUT2D eigenvalue weighted by molar-refractivity contribution is -0.115. The molecule has 0 spiro atoms. The predicted molar refractivity (Wildman–Crippen MR) is 81.4 cm³/mol. The van der Waals surface area contributed by atoms with Crippen LogP contribution in [-0.2, 0) is 11.3 Å². The number of aromatic nitrogens is 2. The van der Waals surface area contributed by atoms with Gasteiger partial charge in [0, 0.05) is 12.3 Å². The molecule has 2 aromatic rings. The molecule has 0 radical (unpaired) electrons. The molecule has 0 bridgehead atoms. The fraction of sp³-hybridized carbons (Fsp3) is 0.0833. The second kappa shape index (κ2) is 5.43. The van der Waals surface area contributed by atoms with E-state index in [4.69, 9.17) is 28.2 Å². The van der Waals surface area contributed by atoms with Crippen LogP contribution in [0.15, 0.2) is 33.8 Å². The van der Waals surface area contributed by atoms with Crippen LogP contribution in [0.25, 0.3) is 6.08 Å². The summed E-state index contributed by atoms with van der Waals surface area (Å²) in [4.78, 5) is 12.1. The van der Waals surface area contributed by atoms with Crippen molar-refractivity contribution in [2.24, 2.45) is 0 Å². The lowest BCUT2D eigenvalue weighted by atomic mass is 10.3. The lowest BCUT2D eigenvalue weighted by Gasteiger charge is -1.96. The quantitative estimate of drug-likeness (QED) is 0.694. The normalized spacial score (nSPS) is 16.9. The third-order valence-electron chi connectivity index (χ3n) is 2.52. The molecular formula is C12H8ClN3O2S2. The van der Waals surface area contributed by atoms with E-state index in [2.05, 4.69) is 10.4 Å². The standard InChI is InChI=1S/C12H8ClN3O2S2/c13-7-4-14-16(5-7)6-9-2-1-8(18-9)3-10-11(17)15-12(19)20-10/h1-5H,6H2,(H,15,17,19)/b10-3-. The Balaban J connectivity index is 1.75. The van der Waals surface area contributed by atoms with Crippen molar-refractivity contribution in [2.45, 2.75) is 6.54 Å². The van der Waals surface area contributed by atoms with Crippen LogP contribution in [0.1, 0.15) is 11.5 Å². The fourth-order valence-electron chi connectivity index (χ4n) is 1.69. The number of thioether (sulfide) groups is 1. The van der Waals surface area contributed by atoms with Gasteiger partial charge >= 0.3 is 0 Å². The number of halogens is 1. The van der Waals surface area contributed by atoms with E-state index >= 15 is 0 Å². The number of thiocarbonyl (C=S) groups is 1. The van der Waals surface area contributed by atoms with Crippen molar-refractivity contribution < 1.29 is 9.21 Å². The highest BCUT2D eigenvalue weighted by Gasteiger charge is 2.22. The van der Waals surface area contributed by atoms with Crippen LogP contribution in [0.4, 0.5) is 0 Å². The summed E-state index contributed by atoms with van der Waals surface area (Å²) in [7, 11) is 0. The highest BCUT2D eigenvalue weighted by Crippen LogP contribution is 2.26. The number of amides is 1. The molecule has 1 N–H and O–H groups in total. The average Bonchev–Trinajstić information content (AvgIpc) is 3.05. The van der Waals surface area contributed by atoms with E-state index in [0.29, 0.717) is 26.6 Å². The van der Waals surface area contributed by atoms with E-state index in [-0.39, 0.29) is 5.91 Å². The molecule has 0 atom stereocenters. The first-order valence-corrected chi connectivity index (χ1v) is 7.22. The SMILES string of the molecule is O=C1NC(=S)S/C1=C\c1ccc(Cn2cc(Cl)cn2)o1. The van der Waals surface area contributed by atoms with Crippen LogP contribution in [0.2, 0.25) is 5.02 Å². The lowest BCUT2D eigenvalue weighted by Crippen LogP contribution is -2.17. The topological polar surface area (TPSA) is 60.1 Å². The maximum atomic E-state index is 11.5. The zero-order chi connectivity index (χ0) is 14.1. The first-order chi connectivity index (χ1) is 9.60. The molecule has 1 saturated heterocycles. The molecular weight excluding hydrogens is 318 g/mol. The van der Waals surface area contributed by atoms with E-state index in [1.165, 1.54) is 11.8 Å². The summed E-state index contributed by atoms with van der Waals surface area (Å²) in [6.07, 6.45) is 4.94. The van der Waals surface area contributed by atoms with Gasteiger partial charge in [-0.15, -0.1) is 0 Å². The summed E-state index contributed by atoms with van der Waals surface area (Å²) in [5.41, 5.74) is 0. The Morgan fingerprint density at radius 3 is 3.05 bits per heavy atom. The highest BCUT2D eigenvalue weighted by atomic mass is 35.5. The van der Waals surface area contributed by atoms with Crippen molar-refractivity contribution in [1.82, 2.24) is 15.1 Å². The number of hydrogen-bond donors (Lipinski definition) is 1. The van der Waals surface area contributed by atoms with Gasteiger partial charge in [0.05, 0.1) is 22.7 Å². The first-order valence-electron chi connectivity index (χ1n) is 5.62. The Bertz CT molecular complexity index is 720. The summed E-state index contributed by atoms with van der Waals surface area (Å²) in [5.74, 6) is 1.13. The fourth-order valence-corrected chi connectivity index (χ4v) is 2.87. The van der Waals surface area contributed by atoms with Gasteiger partial charge in [-0.3, -0.25) is 9.48 Å². The molecule has 0 aliphatic carbocycles. The van der Waals surface area contributed by atoms with Gasteiger partial charge in [0.2, 0.25) is 0 Å². The zero-order valence-corrected chi connectivity index (χ0v) is 12.4. The van der Waals surface area contributed by atoms with E-state index in [9.17, 15) is 4.79 Å². The Morgan fingerprint density at radius 2 is 2.40 bits per heavy atom. The van der Waals surface area contributed by atoms with Crippen LogP contribution in [0, 0.1) is 0 Å². The summed E-state index contributed by atoms with van der Waals surface area (Å²) >= 11 is 11.9. The van der Waals surface area contributed by atoms with Gasteiger partial charge in [-0.25, -0.2) is 0 Å². The van der Waals surface area contributed by atoms with Gasteiger partial charge in [-0.05, 0) is 12.1 Å². The molecule has 0 unspecified atom stereocenters. The number of furan rings is 1. The molecule has 5 nitrogen and oxygen atoms in total.